The second-order valence-electron chi connectivity index (χ2n) is 6.05. The Balaban J connectivity index is 1.77. The van der Waals surface area contributed by atoms with E-state index in [0.717, 1.165) is 31.7 Å². The second kappa shape index (κ2) is 7.69. The van der Waals surface area contributed by atoms with Gasteiger partial charge in [0.25, 0.3) is 0 Å². The van der Waals surface area contributed by atoms with Crippen LogP contribution in [-0.4, -0.2) is 31.7 Å². The minimum Gasteiger partial charge on any atom is -0.384 e. The third-order valence-electron chi connectivity index (χ3n) is 4.22. The van der Waals surface area contributed by atoms with E-state index in [0.29, 0.717) is 18.2 Å². The number of hydrogen-bond donors (Lipinski definition) is 2. The van der Waals surface area contributed by atoms with E-state index in [4.69, 9.17) is 0 Å². The molecular weight excluding hydrogens is 343 g/mol. The maximum atomic E-state index is 12.4. The summed E-state index contributed by atoms with van der Waals surface area (Å²) in [5.41, 5.74) is -0.353. The Labute approximate surface area is 140 Å². The van der Waals surface area contributed by atoms with Gasteiger partial charge in [-0.1, -0.05) is 0 Å². The summed E-state index contributed by atoms with van der Waals surface area (Å²) < 4.78 is 63.1. The molecule has 0 aliphatic heterocycles. The lowest BCUT2D eigenvalue weighted by atomic mass is 9.86. The molecule has 5 nitrogen and oxygen atoms in total. The van der Waals surface area contributed by atoms with Gasteiger partial charge in [-0.2, -0.15) is 13.2 Å². The van der Waals surface area contributed by atoms with Gasteiger partial charge in [0.05, 0.1) is 17.6 Å². The Morgan fingerprint density at radius 1 is 1.21 bits per heavy atom. The van der Waals surface area contributed by atoms with Gasteiger partial charge in [0, 0.05) is 12.6 Å². The van der Waals surface area contributed by atoms with Gasteiger partial charge in [-0.15, -0.1) is 0 Å². The van der Waals surface area contributed by atoms with Crippen LogP contribution in [0.5, 0.6) is 0 Å². The fraction of sp³-hybridized carbons (Fsp3) is 0.667. The van der Waals surface area contributed by atoms with E-state index >= 15 is 0 Å². The molecule has 0 unspecified atom stereocenters. The first kappa shape index (κ1) is 19.0. The number of rotatable bonds is 6. The summed E-state index contributed by atoms with van der Waals surface area (Å²) in [7, 11) is -3.17. The SMILES string of the molecule is CCS(=O)(=O)NC1CCC(CNc2ccc(C(F)(F)F)nc2)CC1. The molecule has 1 aromatic heterocycles. The monoisotopic (exact) mass is 365 g/mol. The molecule has 24 heavy (non-hydrogen) atoms. The zero-order chi connectivity index (χ0) is 17.8. The number of anilines is 1. The first-order valence-corrected chi connectivity index (χ1v) is 9.62. The van der Waals surface area contributed by atoms with Crippen LogP contribution in [0.2, 0.25) is 0 Å². The zero-order valence-electron chi connectivity index (χ0n) is 13.4. The largest absolute Gasteiger partial charge is 0.433 e. The van der Waals surface area contributed by atoms with Crippen LogP contribution in [0, 0.1) is 5.92 Å². The summed E-state index contributed by atoms with van der Waals surface area (Å²) in [6.45, 7) is 2.25. The lowest BCUT2D eigenvalue weighted by Crippen LogP contribution is -2.39. The molecular formula is C15H22F3N3O2S. The van der Waals surface area contributed by atoms with Crippen molar-refractivity contribution in [1.82, 2.24) is 9.71 Å². The van der Waals surface area contributed by atoms with E-state index in [-0.39, 0.29) is 11.8 Å². The maximum Gasteiger partial charge on any atom is 0.433 e. The van der Waals surface area contributed by atoms with Crippen LogP contribution >= 0.6 is 0 Å². The summed E-state index contributed by atoms with van der Waals surface area (Å²) in [6, 6.07) is 2.31. The topological polar surface area (TPSA) is 71.1 Å². The van der Waals surface area contributed by atoms with E-state index in [1.807, 2.05) is 0 Å². The number of halogens is 3. The molecule has 0 radical (unpaired) electrons. The first-order chi connectivity index (χ1) is 11.2. The molecule has 2 rings (SSSR count). The highest BCUT2D eigenvalue weighted by Gasteiger charge is 2.32. The average Bonchev–Trinajstić information content (AvgIpc) is 2.53. The van der Waals surface area contributed by atoms with Crippen molar-refractivity contribution in [3.8, 4) is 0 Å². The predicted octanol–water partition coefficient (Wildman–Crippen LogP) is 3.01. The molecule has 1 aliphatic carbocycles. The van der Waals surface area contributed by atoms with E-state index in [1.165, 1.54) is 12.3 Å². The molecule has 1 heterocycles. The Hall–Kier alpha value is -1.35. The molecule has 9 heteroatoms. The van der Waals surface area contributed by atoms with Gasteiger partial charge in [0.1, 0.15) is 5.69 Å². The highest BCUT2D eigenvalue weighted by Crippen LogP contribution is 2.28. The third-order valence-corrected chi connectivity index (χ3v) is 5.67. The predicted molar refractivity (Wildman–Crippen MR) is 86.1 cm³/mol. The molecule has 1 fully saturated rings. The highest BCUT2D eigenvalue weighted by atomic mass is 32.2. The molecule has 0 bridgehead atoms. The average molecular weight is 365 g/mol. The minimum atomic E-state index is -4.43. The van der Waals surface area contributed by atoms with Gasteiger partial charge >= 0.3 is 6.18 Å². The van der Waals surface area contributed by atoms with Crippen molar-refractivity contribution in [3.63, 3.8) is 0 Å². The fourth-order valence-electron chi connectivity index (χ4n) is 2.75. The molecule has 0 aromatic carbocycles. The van der Waals surface area contributed by atoms with Crippen LogP contribution in [0.3, 0.4) is 0 Å². The summed E-state index contributed by atoms with van der Waals surface area (Å²) in [5, 5.41) is 3.10. The molecule has 0 amide bonds. The van der Waals surface area contributed by atoms with Crippen molar-refractivity contribution >= 4 is 15.7 Å². The van der Waals surface area contributed by atoms with Crippen LogP contribution in [0.15, 0.2) is 18.3 Å². The van der Waals surface area contributed by atoms with Crippen molar-refractivity contribution in [2.75, 3.05) is 17.6 Å². The molecule has 136 valence electrons. The van der Waals surface area contributed by atoms with Crippen molar-refractivity contribution < 1.29 is 21.6 Å². The van der Waals surface area contributed by atoms with Crippen molar-refractivity contribution in [2.45, 2.75) is 44.8 Å². The zero-order valence-corrected chi connectivity index (χ0v) is 14.3. The number of sulfonamides is 1. The third kappa shape index (κ3) is 5.62. The number of hydrogen-bond acceptors (Lipinski definition) is 4. The Morgan fingerprint density at radius 3 is 2.38 bits per heavy atom. The van der Waals surface area contributed by atoms with E-state index in [1.54, 1.807) is 6.92 Å². The number of nitrogens with one attached hydrogen (secondary N) is 2. The Morgan fingerprint density at radius 2 is 1.88 bits per heavy atom. The first-order valence-electron chi connectivity index (χ1n) is 7.96. The van der Waals surface area contributed by atoms with Gasteiger partial charge in [-0.05, 0) is 50.7 Å². The fourth-order valence-corrected chi connectivity index (χ4v) is 3.66. The Bertz CT molecular complexity index is 624. The normalized spacial score (nSPS) is 22.3. The maximum absolute atomic E-state index is 12.4. The number of nitrogens with zero attached hydrogens (tertiary/aromatic N) is 1. The minimum absolute atomic E-state index is 0.0149. The molecule has 0 atom stereocenters. The van der Waals surface area contributed by atoms with Gasteiger partial charge in [-0.25, -0.2) is 18.1 Å². The Kier molecular flexibility index (Phi) is 6.08. The van der Waals surface area contributed by atoms with E-state index in [9.17, 15) is 21.6 Å². The van der Waals surface area contributed by atoms with Crippen LogP contribution in [-0.2, 0) is 16.2 Å². The number of pyridine rings is 1. The summed E-state index contributed by atoms with van der Waals surface area (Å²) >= 11 is 0. The van der Waals surface area contributed by atoms with Gasteiger partial charge in [0.15, 0.2) is 0 Å². The molecule has 0 saturated heterocycles. The highest BCUT2D eigenvalue weighted by molar-refractivity contribution is 7.89. The number of aromatic nitrogens is 1. The lowest BCUT2D eigenvalue weighted by molar-refractivity contribution is -0.141. The number of alkyl halides is 3. The van der Waals surface area contributed by atoms with Crippen molar-refractivity contribution in [2.24, 2.45) is 5.92 Å². The molecule has 0 spiro atoms. The van der Waals surface area contributed by atoms with Gasteiger partial charge in [-0.3, -0.25) is 0 Å². The second-order valence-corrected chi connectivity index (χ2v) is 8.09. The van der Waals surface area contributed by atoms with Gasteiger partial charge in [0.2, 0.25) is 10.0 Å². The molecule has 1 aliphatic rings. The molecule has 2 N–H and O–H groups in total. The van der Waals surface area contributed by atoms with Crippen LogP contribution in [0.25, 0.3) is 0 Å². The lowest BCUT2D eigenvalue weighted by Gasteiger charge is -2.29. The van der Waals surface area contributed by atoms with Crippen molar-refractivity contribution in [1.29, 1.82) is 0 Å². The summed E-state index contributed by atoms with van der Waals surface area (Å²) in [6.07, 6.45) is 0.0518. The smallest absolute Gasteiger partial charge is 0.384 e. The summed E-state index contributed by atoms with van der Waals surface area (Å²) in [4.78, 5) is 3.41. The molecule has 1 aromatic rings. The van der Waals surface area contributed by atoms with Crippen LogP contribution in [0.4, 0.5) is 18.9 Å². The van der Waals surface area contributed by atoms with E-state index in [2.05, 4.69) is 15.0 Å². The van der Waals surface area contributed by atoms with Crippen LogP contribution in [0.1, 0.15) is 38.3 Å². The standard InChI is InChI=1S/C15H22F3N3O2S/c1-2-24(22,23)21-12-5-3-11(4-6-12)9-19-13-7-8-14(20-10-13)15(16,17)18/h7-8,10-12,19,21H,2-6,9H2,1H3. The van der Waals surface area contributed by atoms with Crippen LogP contribution < -0.4 is 10.0 Å². The summed E-state index contributed by atoms with van der Waals surface area (Å²) in [5.74, 6) is 0.449. The van der Waals surface area contributed by atoms with Crippen molar-refractivity contribution in [3.05, 3.63) is 24.0 Å². The van der Waals surface area contributed by atoms with Gasteiger partial charge < -0.3 is 5.32 Å². The van der Waals surface area contributed by atoms with E-state index < -0.39 is 21.9 Å². The quantitative estimate of drug-likeness (QED) is 0.813. The molecule has 1 saturated carbocycles.